The van der Waals surface area contributed by atoms with Crippen molar-refractivity contribution < 1.29 is 4.39 Å². The highest BCUT2D eigenvalue weighted by Gasteiger charge is 2.21. The van der Waals surface area contributed by atoms with Crippen LogP contribution in [0.25, 0.3) is 0 Å². The van der Waals surface area contributed by atoms with E-state index in [2.05, 4.69) is 11.0 Å². The molecule has 0 spiro atoms. The third-order valence-electron chi connectivity index (χ3n) is 2.32. The number of rotatable bonds is 2. The molecule has 0 aromatic rings. The van der Waals surface area contributed by atoms with Crippen LogP contribution < -0.4 is 0 Å². The fourth-order valence-electron chi connectivity index (χ4n) is 1.56. The van der Waals surface area contributed by atoms with Crippen LogP contribution in [-0.4, -0.2) is 24.0 Å². The van der Waals surface area contributed by atoms with Crippen molar-refractivity contribution in [2.24, 2.45) is 5.92 Å². The van der Waals surface area contributed by atoms with Gasteiger partial charge in [-0.2, -0.15) is 5.26 Å². The van der Waals surface area contributed by atoms with Crippen LogP contribution in [0.3, 0.4) is 0 Å². The highest BCUT2D eigenvalue weighted by molar-refractivity contribution is 5.06. The van der Waals surface area contributed by atoms with Crippen molar-refractivity contribution in [3.8, 4) is 6.07 Å². The fraction of sp³-hybridized carbons (Fsp3) is 0.700. The second-order valence-corrected chi connectivity index (χ2v) is 3.76. The van der Waals surface area contributed by atoms with Gasteiger partial charge in [-0.05, 0) is 19.9 Å². The van der Waals surface area contributed by atoms with Gasteiger partial charge in [-0.3, -0.25) is 4.90 Å². The first-order valence-corrected chi connectivity index (χ1v) is 4.60. The molecule has 3 heteroatoms. The van der Waals surface area contributed by atoms with E-state index in [0.29, 0.717) is 19.0 Å². The van der Waals surface area contributed by atoms with Crippen molar-refractivity contribution in [3.63, 3.8) is 0 Å². The molecule has 1 heterocycles. The molecule has 72 valence electrons. The minimum absolute atomic E-state index is 0.0705. The van der Waals surface area contributed by atoms with Gasteiger partial charge in [-0.15, -0.1) is 0 Å². The maximum Gasteiger partial charge on any atom is 0.110 e. The molecule has 0 aromatic carbocycles. The maximum absolute atomic E-state index is 13.1. The summed E-state index contributed by atoms with van der Waals surface area (Å²) in [5, 5.41) is 8.51. The Hall–Kier alpha value is -0.880. The van der Waals surface area contributed by atoms with Crippen LogP contribution in [0.2, 0.25) is 0 Å². The zero-order valence-corrected chi connectivity index (χ0v) is 8.13. The normalized spacial score (nSPS) is 24.2. The quantitative estimate of drug-likeness (QED) is 0.654. The largest absolute Gasteiger partial charge is 0.294 e. The van der Waals surface area contributed by atoms with Crippen LogP contribution in [0.1, 0.15) is 20.3 Å². The Morgan fingerprint density at radius 1 is 1.77 bits per heavy atom. The average molecular weight is 182 g/mol. The molecule has 0 N–H and O–H groups in total. The first-order valence-electron chi connectivity index (χ1n) is 4.60. The maximum atomic E-state index is 13.1. The minimum atomic E-state index is -0.0970. The van der Waals surface area contributed by atoms with E-state index in [4.69, 9.17) is 5.26 Å². The van der Waals surface area contributed by atoms with Crippen LogP contribution >= 0.6 is 0 Å². The topological polar surface area (TPSA) is 27.0 Å². The highest BCUT2D eigenvalue weighted by Crippen LogP contribution is 2.20. The second kappa shape index (κ2) is 4.38. The van der Waals surface area contributed by atoms with E-state index in [1.54, 1.807) is 6.08 Å². The predicted molar refractivity (Wildman–Crippen MR) is 49.6 cm³/mol. The molecule has 0 amide bonds. The van der Waals surface area contributed by atoms with Crippen molar-refractivity contribution in [1.82, 2.24) is 4.90 Å². The van der Waals surface area contributed by atoms with Gasteiger partial charge in [0.2, 0.25) is 0 Å². The molecule has 1 aliphatic heterocycles. The summed E-state index contributed by atoms with van der Waals surface area (Å²) in [6, 6.07) is 2.43. The molecule has 0 fully saturated rings. The first-order chi connectivity index (χ1) is 6.13. The smallest absolute Gasteiger partial charge is 0.110 e. The number of nitriles is 1. The Morgan fingerprint density at radius 3 is 3.00 bits per heavy atom. The van der Waals surface area contributed by atoms with Gasteiger partial charge in [-0.1, -0.05) is 0 Å². The van der Waals surface area contributed by atoms with Crippen LogP contribution in [-0.2, 0) is 0 Å². The van der Waals surface area contributed by atoms with Crippen molar-refractivity contribution in [2.75, 3.05) is 13.1 Å². The summed E-state index contributed by atoms with van der Waals surface area (Å²) in [6.07, 6.45) is 2.00. The molecule has 0 saturated heterocycles. The van der Waals surface area contributed by atoms with E-state index in [-0.39, 0.29) is 11.7 Å². The van der Waals surface area contributed by atoms with Crippen molar-refractivity contribution in [2.45, 2.75) is 26.3 Å². The molecular formula is C10H15FN2. The van der Waals surface area contributed by atoms with E-state index in [0.717, 1.165) is 6.54 Å². The second-order valence-electron chi connectivity index (χ2n) is 3.76. The Labute approximate surface area is 78.6 Å². The van der Waals surface area contributed by atoms with E-state index < -0.39 is 0 Å². The van der Waals surface area contributed by atoms with Gasteiger partial charge >= 0.3 is 0 Å². The Balaban J connectivity index is 2.61. The first kappa shape index (κ1) is 10.2. The lowest BCUT2D eigenvalue weighted by Gasteiger charge is -2.31. The Bertz CT molecular complexity index is 240. The zero-order chi connectivity index (χ0) is 9.84. The lowest BCUT2D eigenvalue weighted by molar-refractivity contribution is 0.189. The number of hydrogen-bond acceptors (Lipinski definition) is 2. The van der Waals surface area contributed by atoms with Crippen molar-refractivity contribution in [1.29, 1.82) is 5.26 Å². The van der Waals surface area contributed by atoms with Crippen LogP contribution in [0.5, 0.6) is 0 Å². The molecule has 0 bridgehead atoms. The molecule has 0 aromatic heterocycles. The predicted octanol–water partition coefficient (Wildman–Crippen LogP) is 2.09. The summed E-state index contributed by atoms with van der Waals surface area (Å²) >= 11 is 0. The molecule has 1 rings (SSSR count). The summed E-state index contributed by atoms with van der Waals surface area (Å²) in [4.78, 5) is 2.05. The lowest BCUT2D eigenvalue weighted by atomic mass is 10.0. The van der Waals surface area contributed by atoms with Crippen LogP contribution in [0.15, 0.2) is 11.9 Å². The molecule has 1 aliphatic rings. The van der Waals surface area contributed by atoms with E-state index in [9.17, 15) is 4.39 Å². The number of hydrogen-bond donors (Lipinski definition) is 0. The molecule has 13 heavy (non-hydrogen) atoms. The number of halogens is 1. The van der Waals surface area contributed by atoms with Crippen LogP contribution in [0.4, 0.5) is 4.39 Å². The Morgan fingerprint density at radius 2 is 2.46 bits per heavy atom. The van der Waals surface area contributed by atoms with Gasteiger partial charge in [0.05, 0.1) is 12.6 Å². The zero-order valence-electron chi connectivity index (χ0n) is 8.13. The van der Waals surface area contributed by atoms with Gasteiger partial charge < -0.3 is 0 Å². The summed E-state index contributed by atoms with van der Waals surface area (Å²) in [7, 11) is 0. The molecule has 1 unspecified atom stereocenters. The average Bonchev–Trinajstić information content (AvgIpc) is 2.03. The fourth-order valence-corrected chi connectivity index (χ4v) is 1.56. The van der Waals surface area contributed by atoms with E-state index in [1.165, 1.54) is 0 Å². The summed E-state index contributed by atoms with van der Waals surface area (Å²) in [6.45, 7) is 5.29. The van der Waals surface area contributed by atoms with Gasteiger partial charge in [0.25, 0.3) is 0 Å². The molecule has 0 radical (unpaired) electrons. The summed E-state index contributed by atoms with van der Waals surface area (Å²) in [5.41, 5.74) is 0. The third kappa shape index (κ3) is 2.82. The van der Waals surface area contributed by atoms with E-state index >= 15 is 0 Å². The van der Waals surface area contributed by atoms with Gasteiger partial charge in [0.1, 0.15) is 5.83 Å². The minimum Gasteiger partial charge on any atom is -0.294 e. The number of nitrogens with zero attached hydrogens (tertiary/aromatic N) is 2. The molecule has 0 saturated carbocycles. The molecule has 1 atom stereocenters. The monoisotopic (exact) mass is 182 g/mol. The van der Waals surface area contributed by atoms with Crippen LogP contribution in [0, 0.1) is 17.2 Å². The summed E-state index contributed by atoms with van der Waals surface area (Å²) in [5.74, 6) is -0.0265. The van der Waals surface area contributed by atoms with Gasteiger partial charge in [0.15, 0.2) is 0 Å². The Kier molecular flexibility index (Phi) is 3.44. The SMILES string of the molecule is CC(C)N1CC(F)=CC(CC#N)C1. The highest BCUT2D eigenvalue weighted by atomic mass is 19.1. The van der Waals surface area contributed by atoms with Gasteiger partial charge in [-0.25, -0.2) is 4.39 Å². The van der Waals surface area contributed by atoms with E-state index in [1.807, 2.05) is 13.8 Å². The molecule has 0 aliphatic carbocycles. The standard InChI is InChI=1S/C10H15FN2/c1-8(2)13-6-9(3-4-12)5-10(11)7-13/h5,8-9H,3,6-7H2,1-2H3. The molecular weight excluding hydrogens is 167 g/mol. The third-order valence-corrected chi connectivity index (χ3v) is 2.32. The van der Waals surface area contributed by atoms with Crippen molar-refractivity contribution >= 4 is 0 Å². The lowest BCUT2D eigenvalue weighted by Crippen LogP contribution is -2.38. The molecule has 2 nitrogen and oxygen atoms in total. The summed E-state index contributed by atoms with van der Waals surface area (Å²) < 4.78 is 13.1. The van der Waals surface area contributed by atoms with Gasteiger partial charge in [0, 0.05) is 24.9 Å². The van der Waals surface area contributed by atoms with Crippen molar-refractivity contribution in [3.05, 3.63) is 11.9 Å².